The molecule has 0 radical (unpaired) electrons. The molecule has 2 aromatic rings. The van der Waals surface area contributed by atoms with Gasteiger partial charge in [-0.1, -0.05) is 36.4 Å². The van der Waals surface area contributed by atoms with Crippen LogP contribution in [0.2, 0.25) is 0 Å². The predicted molar refractivity (Wildman–Crippen MR) is 106 cm³/mol. The Morgan fingerprint density at radius 3 is 2.46 bits per heavy atom. The van der Waals surface area contributed by atoms with Crippen molar-refractivity contribution in [2.75, 3.05) is 12.5 Å². The van der Waals surface area contributed by atoms with E-state index in [9.17, 15) is 4.79 Å². The van der Waals surface area contributed by atoms with Crippen LogP contribution in [-0.4, -0.2) is 24.2 Å². The largest absolute Gasteiger partial charge is 0.494 e. The quantitative estimate of drug-likeness (QED) is 0.521. The van der Waals surface area contributed by atoms with Crippen molar-refractivity contribution in [2.45, 2.75) is 39.3 Å². The first-order chi connectivity index (χ1) is 12.4. The molecule has 5 heteroatoms. The van der Waals surface area contributed by atoms with Gasteiger partial charge in [-0.05, 0) is 56.0 Å². The van der Waals surface area contributed by atoms with E-state index in [0.717, 1.165) is 28.9 Å². The summed E-state index contributed by atoms with van der Waals surface area (Å²) in [6.45, 7) is 6.57. The highest BCUT2D eigenvalue weighted by atomic mass is 35.5. The number of benzene rings is 2. The van der Waals surface area contributed by atoms with Gasteiger partial charge in [0.2, 0.25) is 0 Å². The van der Waals surface area contributed by atoms with E-state index in [1.54, 1.807) is 0 Å². The molecule has 0 aliphatic carbocycles. The minimum absolute atomic E-state index is 0.414. The third kappa shape index (κ3) is 6.96. The summed E-state index contributed by atoms with van der Waals surface area (Å²) >= 11 is 5.67. The van der Waals surface area contributed by atoms with Gasteiger partial charge in [0.1, 0.15) is 11.4 Å². The molecule has 2 rings (SSSR count). The van der Waals surface area contributed by atoms with E-state index < -0.39 is 11.7 Å². The number of hydrogen-bond acceptors (Lipinski definition) is 3. The Morgan fingerprint density at radius 1 is 1.08 bits per heavy atom. The van der Waals surface area contributed by atoms with Crippen LogP contribution in [0.4, 0.5) is 4.79 Å². The molecular formula is C21H26ClNO3. The van der Waals surface area contributed by atoms with Gasteiger partial charge < -0.3 is 14.8 Å². The fraction of sp³-hybridized carbons (Fsp3) is 0.381. The molecule has 0 unspecified atom stereocenters. The first-order valence-corrected chi connectivity index (χ1v) is 9.26. The van der Waals surface area contributed by atoms with Gasteiger partial charge in [0, 0.05) is 12.4 Å². The van der Waals surface area contributed by atoms with Gasteiger partial charge in [-0.2, -0.15) is 0 Å². The SMILES string of the molecule is CC(C)(C)OC(=O)NCc1ccc(-c2cccc(OCCCCl)c2)cc1. The van der Waals surface area contributed by atoms with E-state index in [4.69, 9.17) is 21.1 Å². The van der Waals surface area contributed by atoms with Crippen LogP contribution < -0.4 is 10.1 Å². The Morgan fingerprint density at radius 2 is 1.81 bits per heavy atom. The minimum atomic E-state index is -0.495. The molecule has 26 heavy (non-hydrogen) atoms. The van der Waals surface area contributed by atoms with Crippen LogP contribution in [0.15, 0.2) is 48.5 Å². The number of ether oxygens (including phenoxy) is 2. The summed E-state index contributed by atoms with van der Waals surface area (Å²) in [6.07, 6.45) is 0.411. The van der Waals surface area contributed by atoms with Gasteiger partial charge in [0.05, 0.1) is 6.61 Å². The summed E-state index contributed by atoms with van der Waals surface area (Å²) in [4.78, 5) is 11.7. The van der Waals surface area contributed by atoms with E-state index in [-0.39, 0.29) is 0 Å². The molecular weight excluding hydrogens is 350 g/mol. The van der Waals surface area contributed by atoms with Gasteiger partial charge in [-0.15, -0.1) is 11.6 Å². The molecule has 1 amide bonds. The standard InChI is InChI=1S/C21H26ClNO3/c1-21(2,3)26-20(24)23-15-16-8-10-17(11-9-16)18-6-4-7-19(14-18)25-13-5-12-22/h4,6-11,14H,5,12-13,15H2,1-3H3,(H,23,24). The van der Waals surface area contributed by atoms with E-state index in [1.165, 1.54) is 0 Å². The predicted octanol–water partition coefficient (Wildman–Crippen LogP) is 5.39. The van der Waals surface area contributed by atoms with Crippen molar-refractivity contribution < 1.29 is 14.3 Å². The third-order valence-electron chi connectivity index (χ3n) is 3.50. The maximum atomic E-state index is 11.7. The highest BCUT2D eigenvalue weighted by molar-refractivity contribution is 6.17. The number of hydrogen-bond donors (Lipinski definition) is 1. The normalized spacial score (nSPS) is 11.1. The van der Waals surface area contributed by atoms with Gasteiger partial charge in [0.25, 0.3) is 0 Å². The van der Waals surface area contributed by atoms with E-state index in [0.29, 0.717) is 19.0 Å². The summed E-state index contributed by atoms with van der Waals surface area (Å²) in [6, 6.07) is 16.0. The zero-order chi connectivity index (χ0) is 19.0. The third-order valence-corrected chi connectivity index (χ3v) is 3.77. The number of alkyl halides is 1. The van der Waals surface area contributed by atoms with E-state index >= 15 is 0 Å². The number of halogens is 1. The van der Waals surface area contributed by atoms with E-state index in [1.807, 2.05) is 69.3 Å². The Bertz CT molecular complexity index is 708. The van der Waals surface area contributed by atoms with Crippen molar-refractivity contribution in [2.24, 2.45) is 0 Å². The average molecular weight is 376 g/mol. The zero-order valence-electron chi connectivity index (χ0n) is 15.5. The number of alkyl carbamates (subject to hydrolysis) is 1. The first-order valence-electron chi connectivity index (χ1n) is 8.72. The molecule has 0 heterocycles. The van der Waals surface area contributed by atoms with Crippen LogP contribution in [0.5, 0.6) is 5.75 Å². The second-order valence-corrected chi connectivity index (χ2v) is 7.35. The molecule has 0 fully saturated rings. The smallest absolute Gasteiger partial charge is 0.407 e. The molecule has 140 valence electrons. The van der Waals surface area contributed by atoms with Crippen molar-refractivity contribution in [1.29, 1.82) is 0 Å². The lowest BCUT2D eigenvalue weighted by Gasteiger charge is -2.19. The molecule has 0 aromatic heterocycles. The summed E-state index contributed by atoms with van der Waals surface area (Å²) in [5.74, 6) is 1.43. The summed E-state index contributed by atoms with van der Waals surface area (Å²) in [5, 5.41) is 2.76. The fourth-order valence-electron chi connectivity index (χ4n) is 2.31. The number of nitrogens with one attached hydrogen (secondary N) is 1. The topological polar surface area (TPSA) is 47.6 Å². The van der Waals surface area contributed by atoms with Crippen molar-refractivity contribution in [3.63, 3.8) is 0 Å². The van der Waals surface area contributed by atoms with Crippen LogP contribution >= 0.6 is 11.6 Å². The van der Waals surface area contributed by atoms with Crippen molar-refractivity contribution in [3.8, 4) is 16.9 Å². The highest BCUT2D eigenvalue weighted by Gasteiger charge is 2.15. The summed E-state index contributed by atoms with van der Waals surface area (Å²) < 4.78 is 10.9. The molecule has 0 atom stereocenters. The lowest BCUT2D eigenvalue weighted by atomic mass is 10.0. The number of amides is 1. The van der Waals surface area contributed by atoms with Crippen LogP contribution in [0.1, 0.15) is 32.8 Å². The highest BCUT2D eigenvalue weighted by Crippen LogP contribution is 2.24. The molecule has 0 saturated carbocycles. The maximum Gasteiger partial charge on any atom is 0.407 e. The number of carbonyl (C=O) groups excluding carboxylic acids is 1. The van der Waals surface area contributed by atoms with Gasteiger partial charge in [0.15, 0.2) is 0 Å². The molecule has 2 aromatic carbocycles. The summed E-state index contributed by atoms with van der Waals surface area (Å²) in [7, 11) is 0. The maximum absolute atomic E-state index is 11.7. The molecule has 0 spiro atoms. The van der Waals surface area contributed by atoms with Gasteiger partial charge in [-0.3, -0.25) is 0 Å². The molecule has 4 nitrogen and oxygen atoms in total. The molecule has 0 aliphatic heterocycles. The zero-order valence-corrected chi connectivity index (χ0v) is 16.3. The molecule has 0 bridgehead atoms. The van der Waals surface area contributed by atoms with Crippen molar-refractivity contribution >= 4 is 17.7 Å². The fourth-order valence-corrected chi connectivity index (χ4v) is 2.42. The van der Waals surface area contributed by atoms with Crippen molar-refractivity contribution in [1.82, 2.24) is 5.32 Å². The monoisotopic (exact) mass is 375 g/mol. The second-order valence-electron chi connectivity index (χ2n) is 6.97. The van der Waals surface area contributed by atoms with Crippen LogP contribution in [0.25, 0.3) is 11.1 Å². The van der Waals surface area contributed by atoms with Crippen LogP contribution in [0, 0.1) is 0 Å². The number of carbonyl (C=O) groups is 1. The molecule has 0 saturated heterocycles. The average Bonchev–Trinajstić information content (AvgIpc) is 2.59. The van der Waals surface area contributed by atoms with E-state index in [2.05, 4.69) is 5.32 Å². The summed E-state index contributed by atoms with van der Waals surface area (Å²) in [5.41, 5.74) is 2.69. The Kier molecular flexibility index (Phi) is 7.34. The lowest BCUT2D eigenvalue weighted by molar-refractivity contribution is 0.0523. The Labute approximate surface area is 160 Å². The number of rotatable bonds is 7. The Balaban J connectivity index is 1.94. The lowest BCUT2D eigenvalue weighted by Crippen LogP contribution is -2.32. The van der Waals surface area contributed by atoms with Gasteiger partial charge >= 0.3 is 6.09 Å². The minimum Gasteiger partial charge on any atom is -0.494 e. The van der Waals surface area contributed by atoms with Crippen molar-refractivity contribution in [3.05, 3.63) is 54.1 Å². The Hall–Kier alpha value is -2.20. The van der Waals surface area contributed by atoms with Gasteiger partial charge in [-0.25, -0.2) is 4.79 Å². The second kappa shape index (κ2) is 9.48. The van der Waals surface area contributed by atoms with Crippen LogP contribution in [0.3, 0.4) is 0 Å². The molecule has 0 aliphatic rings. The first kappa shape index (κ1) is 20.1. The van der Waals surface area contributed by atoms with Crippen LogP contribution in [-0.2, 0) is 11.3 Å². The molecule has 1 N–H and O–H groups in total.